The molecule has 1 aromatic rings. The third kappa shape index (κ3) is 3.66. The molecule has 2 amide bonds. The molecular weight excluding hydrogens is 348 g/mol. The molecule has 4 rings (SSSR count). The number of carbonyl (C=O) groups is 2. The molecule has 0 aliphatic carbocycles. The van der Waals surface area contributed by atoms with E-state index in [0.29, 0.717) is 31.9 Å². The van der Waals surface area contributed by atoms with Gasteiger partial charge in [-0.25, -0.2) is 0 Å². The van der Waals surface area contributed by atoms with Crippen molar-refractivity contribution in [1.29, 1.82) is 0 Å². The topological polar surface area (TPSA) is 79.3 Å². The number of phenols is 1. The van der Waals surface area contributed by atoms with E-state index < -0.39 is 0 Å². The molecule has 3 aliphatic heterocycles. The molecule has 1 N–H and O–H groups in total. The van der Waals surface area contributed by atoms with Crippen LogP contribution in [0.1, 0.15) is 29.6 Å². The van der Waals surface area contributed by atoms with E-state index in [9.17, 15) is 14.7 Å². The lowest BCUT2D eigenvalue weighted by Gasteiger charge is -2.50. The number of nitrogens with zero attached hydrogens (tertiary/aromatic N) is 2. The van der Waals surface area contributed by atoms with E-state index in [1.54, 1.807) is 23.1 Å². The second kappa shape index (κ2) is 7.48. The van der Waals surface area contributed by atoms with Crippen LogP contribution < -0.4 is 0 Å². The first-order valence-corrected chi connectivity index (χ1v) is 9.65. The SMILES string of the molecule is O=C(COC[C@H]1CCOC12CN(C(=O)c1cccc(O)c1)C2)N1CCCC1. The van der Waals surface area contributed by atoms with Crippen LogP contribution in [0.25, 0.3) is 0 Å². The molecule has 3 saturated heterocycles. The van der Waals surface area contributed by atoms with Crippen LogP contribution in [0.3, 0.4) is 0 Å². The molecule has 3 aliphatic rings. The Kier molecular flexibility index (Phi) is 5.06. The maximum atomic E-state index is 12.6. The number of ether oxygens (including phenoxy) is 2. The average molecular weight is 374 g/mol. The zero-order chi connectivity index (χ0) is 18.9. The Morgan fingerprint density at radius 1 is 1.22 bits per heavy atom. The van der Waals surface area contributed by atoms with Gasteiger partial charge in [-0.15, -0.1) is 0 Å². The number of carbonyl (C=O) groups excluding carboxylic acids is 2. The molecule has 7 nitrogen and oxygen atoms in total. The third-order valence-electron chi connectivity index (χ3n) is 5.90. The first kappa shape index (κ1) is 18.3. The van der Waals surface area contributed by atoms with Gasteiger partial charge in [0.25, 0.3) is 5.91 Å². The summed E-state index contributed by atoms with van der Waals surface area (Å²) in [6.07, 6.45) is 3.04. The highest BCUT2D eigenvalue weighted by molar-refractivity contribution is 5.95. The summed E-state index contributed by atoms with van der Waals surface area (Å²) in [4.78, 5) is 28.2. The van der Waals surface area contributed by atoms with Crippen molar-refractivity contribution in [3.05, 3.63) is 29.8 Å². The molecule has 0 aromatic heterocycles. The Hall–Kier alpha value is -2.12. The molecule has 7 heteroatoms. The van der Waals surface area contributed by atoms with E-state index >= 15 is 0 Å². The minimum Gasteiger partial charge on any atom is -0.508 e. The molecule has 1 atom stereocenters. The molecule has 3 heterocycles. The molecule has 0 radical (unpaired) electrons. The molecule has 1 aromatic carbocycles. The van der Waals surface area contributed by atoms with Gasteiger partial charge in [-0.1, -0.05) is 6.07 Å². The van der Waals surface area contributed by atoms with Gasteiger partial charge in [0.05, 0.1) is 19.7 Å². The second-order valence-electron chi connectivity index (χ2n) is 7.71. The molecule has 146 valence electrons. The first-order valence-electron chi connectivity index (χ1n) is 9.65. The number of hydrogen-bond acceptors (Lipinski definition) is 5. The average Bonchev–Trinajstić information content (AvgIpc) is 3.30. The minimum atomic E-state index is -0.358. The lowest BCUT2D eigenvalue weighted by molar-refractivity contribution is -0.142. The van der Waals surface area contributed by atoms with Gasteiger partial charge in [0, 0.05) is 31.2 Å². The Morgan fingerprint density at radius 3 is 2.74 bits per heavy atom. The maximum Gasteiger partial charge on any atom is 0.254 e. The molecule has 0 unspecified atom stereocenters. The van der Waals surface area contributed by atoms with Crippen molar-refractivity contribution in [2.45, 2.75) is 24.9 Å². The summed E-state index contributed by atoms with van der Waals surface area (Å²) in [6.45, 7) is 3.98. The van der Waals surface area contributed by atoms with E-state index in [-0.39, 0.29) is 35.7 Å². The van der Waals surface area contributed by atoms with Gasteiger partial charge in [-0.2, -0.15) is 0 Å². The van der Waals surface area contributed by atoms with Crippen LogP contribution in [0.15, 0.2) is 24.3 Å². The Balaban J connectivity index is 1.27. The molecule has 27 heavy (non-hydrogen) atoms. The summed E-state index contributed by atoms with van der Waals surface area (Å²) in [7, 11) is 0. The van der Waals surface area contributed by atoms with E-state index in [0.717, 1.165) is 32.4 Å². The van der Waals surface area contributed by atoms with Gasteiger partial charge in [0.1, 0.15) is 18.0 Å². The van der Waals surface area contributed by atoms with Gasteiger partial charge in [-0.3, -0.25) is 9.59 Å². The fourth-order valence-corrected chi connectivity index (χ4v) is 4.28. The highest BCUT2D eigenvalue weighted by Gasteiger charge is 2.54. The van der Waals surface area contributed by atoms with Crippen LogP contribution >= 0.6 is 0 Å². The molecular formula is C20H26N2O5. The highest BCUT2D eigenvalue weighted by atomic mass is 16.5. The van der Waals surface area contributed by atoms with Crippen molar-refractivity contribution in [3.8, 4) is 5.75 Å². The number of likely N-dealkylation sites (tertiary alicyclic amines) is 2. The number of hydrogen-bond donors (Lipinski definition) is 1. The minimum absolute atomic E-state index is 0.0646. The predicted octanol–water partition coefficient (Wildman–Crippen LogP) is 1.26. The van der Waals surface area contributed by atoms with Crippen LogP contribution in [0.4, 0.5) is 0 Å². The van der Waals surface area contributed by atoms with Crippen LogP contribution in [-0.4, -0.2) is 78.3 Å². The number of benzene rings is 1. The number of aromatic hydroxyl groups is 1. The maximum absolute atomic E-state index is 12.6. The van der Waals surface area contributed by atoms with Crippen molar-refractivity contribution in [3.63, 3.8) is 0 Å². The van der Waals surface area contributed by atoms with Gasteiger partial charge in [-0.05, 0) is 37.5 Å². The monoisotopic (exact) mass is 374 g/mol. The van der Waals surface area contributed by atoms with Gasteiger partial charge in [0.15, 0.2) is 0 Å². The normalized spacial score (nSPS) is 23.6. The van der Waals surface area contributed by atoms with Crippen molar-refractivity contribution in [2.24, 2.45) is 5.92 Å². The standard InChI is InChI=1S/C20H26N2O5/c23-17-5-3-4-15(10-17)19(25)22-13-20(14-22)16(6-9-27-20)11-26-12-18(24)21-7-1-2-8-21/h3-5,10,16,23H,1-2,6-9,11-14H2/t16-/m1/s1. The zero-order valence-corrected chi connectivity index (χ0v) is 15.4. The first-order chi connectivity index (χ1) is 13.1. The van der Waals surface area contributed by atoms with E-state index in [4.69, 9.17) is 9.47 Å². The van der Waals surface area contributed by atoms with Crippen LogP contribution in [-0.2, 0) is 14.3 Å². The lowest BCUT2D eigenvalue weighted by Crippen LogP contribution is -2.66. The predicted molar refractivity (Wildman–Crippen MR) is 97.4 cm³/mol. The van der Waals surface area contributed by atoms with E-state index in [1.165, 1.54) is 6.07 Å². The van der Waals surface area contributed by atoms with Crippen LogP contribution in [0, 0.1) is 5.92 Å². The summed E-state index contributed by atoms with van der Waals surface area (Å²) < 4.78 is 11.7. The van der Waals surface area contributed by atoms with Crippen molar-refractivity contribution >= 4 is 11.8 Å². The lowest BCUT2D eigenvalue weighted by atomic mass is 9.81. The molecule has 3 fully saturated rings. The van der Waals surface area contributed by atoms with Gasteiger partial charge < -0.3 is 24.4 Å². The fraction of sp³-hybridized carbons (Fsp3) is 0.600. The number of rotatable bonds is 5. The number of phenolic OH excluding ortho intramolecular Hbond substituents is 1. The largest absolute Gasteiger partial charge is 0.508 e. The molecule has 0 bridgehead atoms. The Bertz CT molecular complexity index is 710. The smallest absolute Gasteiger partial charge is 0.254 e. The molecule has 1 spiro atoms. The Morgan fingerprint density at radius 2 is 2.00 bits per heavy atom. The fourth-order valence-electron chi connectivity index (χ4n) is 4.28. The van der Waals surface area contributed by atoms with E-state index in [1.807, 2.05) is 4.90 Å². The van der Waals surface area contributed by atoms with Crippen molar-refractivity contribution in [2.75, 3.05) is 46.0 Å². The summed E-state index contributed by atoms with van der Waals surface area (Å²) in [5, 5.41) is 9.56. The zero-order valence-electron chi connectivity index (χ0n) is 15.4. The van der Waals surface area contributed by atoms with E-state index in [2.05, 4.69) is 0 Å². The van der Waals surface area contributed by atoms with Gasteiger partial charge >= 0.3 is 0 Å². The third-order valence-corrected chi connectivity index (χ3v) is 5.90. The summed E-state index contributed by atoms with van der Waals surface area (Å²) in [6, 6.07) is 6.39. The van der Waals surface area contributed by atoms with Crippen molar-refractivity contribution < 1.29 is 24.2 Å². The summed E-state index contributed by atoms with van der Waals surface area (Å²) >= 11 is 0. The quantitative estimate of drug-likeness (QED) is 0.840. The molecule has 0 saturated carbocycles. The summed E-state index contributed by atoms with van der Waals surface area (Å²) in [5.41, 5.74) is 0.121. The van der Waals surface area contributed by atoms with Crippen LogP contribution in [0.2, 0.25) is 0 Å². The van der Waals surface area contributed by atoms with Gasteiger partial charge in [0.2, 0.25) is 5.91 Å². The highest BCUT2D eigenvalue weighted by Crippen LogP contribution is 2.40. The second-order valence-corrected chi connectivity index (χ2v) is 7.71. The summed E-state index contributed by atoms with van der Waals surface area (Å²) in [5.74, 6) is 0.241. The Labute approximate surface area is 158 Å². The van der Waals surface area contributed by atoms with Crippen LogP contribution in [0.5, 0.6) is 5.75 Å². The van der Waals surface area contributed by atoms with Crippen molar-refractivity contribution in [1.82, 2.24) is 9.80 Å². The number of amides is 2.